The highest BCUT2D eigenvalue weighted by molar-refractivity contribution is 5.13. The summed E-state index contributed by atoms with van der Waals surface area (Å²) in [7, 11) is 0. The molecule has 0 amide bonds. The van der Waals surface area contributed by atoms with Gasteiger partial charge >= 0.3 is 0 Å². The molecule has 1 atom stereocenters. The molecule has 90 valence electrons. The highest BCUT2D eigenvalue weighted by atomic mass is 16.5. The second kappa shape index (κ2) is 5.16. The van der Waals surface area contributed by atoms with Gasteiger partial charge in [-0.15, -0.1) is 0 Å². The van der Waals surface area contributed by atoms with E-state index < -0.39 is 5.54 Å². The maximum atomic E-state index is 9.08. The average molecular weight is 222 g/mol. The molecule has 0 spiro atoms. The summed E-state index contributed by atoms with van der Waals surface area (Å²) in [6, 6.07) is 2.23. The Morgan fingerprint density at radius 1 is 1.19 bits per heavy atom. The van der Waals surface area contributed by atoms with Crippen LogP contribution < -0.4 is 5.73 Å². The topological polar surface area (TPSA) is 59.0 Å². The van der Waals surface area contributed by atoms with Gasteiger partial charge in [-0.3, -0.25) is 0 Å². The van der Waals surface area contributed by atoms with E-state index in [0.717, 1.165) is 19.4 Å². The van der Waals surface area contributed by atoms with Gasteiger partial charge in [-0.25, -0.2) is 0 Å². The maximum absolute atomic E-state index is 9.08. The van der Waals surface area contributed by atoms with Crippen molar-refractivity contribution in [3.63, 3.8) is 0 Å². The van der Waals surface area contributed by atoms with Gasteiger partial charge in [0.15, 0.2) is 0 Å². The number of hydrogen-bond donors (Lipinski definition) is 1. The molecular weight excluding hydrogens is 200 g/mol. The number of nitrogens with two attached hydrogens (primary N) is 1. The highest BCUT2D eigenvalue weighted by Crippen LogP contribution is 2.38. The molecule has 2 fully saturated rings. The third kappa shape index (κ3) is 2.96. The molecule has 0 saturated heterocycles. The minimum Gasteiger partial charge on any atom is -0.378 e. The molecular formula is C13H22N2O. The normalized spacial score (nSPS) is 26.0. The fourth-order valence-corrected chi connectivity index (χ4v) is 2.59. The molecule has 1 unspecified atom stereocenters. The van der Waals surface area contributed by atoms with E-state index >= 15 is 0 Å². The Labute approximate surface area is 98.0 Å². The molecule has 3 heteroatoms. The lowest BCUT2D eigenvalue weighted by Gasteiger charge is -2.25. The molecule has 2 aliphatic carbocycles. The van der Waals surface area contributed by atoms with Crippen molar-refractivity contribution in [2.24, 2.45) is 17.6 Å². The van der Waals surface area contributed by atoms with Crippen molar-refractivity contribution in [2.45, 2.75) is 50.5 Å². The van der Waals surface area contributed by atoms with Crippen LogP contribution in [0.25, 0.3) is 0 Å². The number of ether oxygens (including phenoxy) is 1. The van der Waals surface area contributed by atoms with Crippen molar-refractivity contribution < 1.29 is 4.74 Å². The zero-order valence-corrected chi connectivity index (χ0v) is 9.95. The summed E-state index contributed by atoms with van der Waals surface area (Å²) < 4.78 is 5.68. The minimum atomic E-state index is -0.714. The average Bonchev–Trinajstić information content (AvgIpc) is 3.14. The lowest BCUT2D eigenvalue weighted by atomic mass is 9.90. The van der Waals surface area contributed by atoms with E-state index in [-0.39, 0.29) is 0 Å². The fraction of sp³-hybridized carbons (Fsp3) is 0.923. The molecule has 0 heterocycles. The summed E-state index contributed by atoms with van der Waals surface area (Å²) in [5.74, 6) is 1.08. The number of nitriles is 1. The SMILES string of the molecule is N#CC(N)(COCC1CCCCC1)C1CC1. The Morgan fingerprint density at radius 3 is 2.44 bits per heavy atom. The van der Waals surface area contributed by atoms with Crippen molar-refractivity contribution in [3.05, 3.63) is 0 Å². The molecule has 0 aliphatic heterocycles. The second-order valence-electron chi connectivity index (χ2n) is 5.45. The van der Waals surface area contributed by atoms with Gasteiger partial charge < -0.3 is 10.5 Å². The van der Waals surface area contributed by atoms with Gasteiger partial charge in [-0.1, -0.05) is 19.3 Å². The molecule has 0 bridgehead atoms. The van der Waals surface area contributed by atoms with E-state index in [1.807, 2.05) is 0 Å². The predicted octanol–water partition coefficient (Wildman–Crippen LogP) is 2.21. The summed E-state index contributed by atoms with van der Waals surface area (Å²) in [6.07, 6.45) is 8.80. The number of hydrogen-bond acceptors (Lipinski definition) is 3. The quantitative estimate of drug-likeness (QED) is 0.776. The van der Waals surface area contributed by atoms with Crippen LogP contribution in [0.1, 0.15) is 44.9 Å². The molecule has 3 nitrogen and oxygen atoms in total. The summed E-state index contributed by atoms with van der Waals surface area (Å²) >= 11 is 0. The van der Waals surface area contributed by atoms with E-state index in [4.69, 9.17) is 15.7 Å². The molecule has 0 aromatic carbocycles. The van der Waals surface area contributed by atoms with E-state index in [2.05, 4.69) is 6.07 Å². The molecule has 0 radical (unpaired) electrons. The van der Waals surface area contributed by atoms with Crippen LogP contribution in [-0.4, -0.2) is 18.8 Å². The molecule has 0 aromatic rings. The van der Waals surface area contributed by atoms with Crippen LogP contribution in [0, 0.1) is 23.2 Å². The minimum absolute atomic E-state index is 0.379. The molecule has 2 aliphatic rings. The third-order valence-electron chi connectivity index (χ3n) is 3.93. The van der Waals surface area contributed by atoms with Crippen LogP contribution in [0.3, 0.4) is 0 Å². The van der Waals surface area contributed by atoms with E-state index in [0.29, 0.717) is 18.4 Å². The Bertz CT molecular complexity index is 264. The van der Waals surface area contributed by atoms with Gasteiger partial charge in [-0.2, -0.15) is 5.26 Å². The second-order valence-corrected chi connectivity index (χ2v) is 5.45. The molecule has 0 aromatic heterocycles. The van der Waals surface area contributed by atoms with Crippen LogP contribution in [0.15, 0.2) is 0 Å². The van der Waals surface area contributed by atoms with Crippen LogP contribution >= 0.6 is 0 Å². The number of rotatable bonds is 5. The van der Waals surface area contributed by atoms with Crippen LogP contribution in [0.4, 0.5) is 0 Å². The van der Waals surface area contributed by atoms with Gasteiger partial charge in [0, 0.05) is 6.61 Å². The Morgan fingerprint density at radius 2 is 1.88 bits per heavy atom. The van der Waals surface area contributed by atoms with Crippen molar-refractivity contribution >= 4 is 0 Å². The first-order valence-electron chi connectivity index (χ1n) is 6.52. The Hall–Kier alpha value is -0.590. The van der Waals surface area contributed by atoms with Gasteiger partial charge in [-0.05, 0) is 37.5 Å². The predicted molar refractivity (Wildman–Crippen MR) is 62.6 cm³/mol. The zero-order valence-electron chi connectivity index (χ0n) is 9.95. The molecule has 2 saturated carbocycles. The van der Waals surface area contributed by atoms with Crippen LogP contribution in [0.2, 0.25) is 0 Å². The van der Waals surface area contributed by atoms with Crippen LogP contribution in [0.5, 0.6) is 0 Å². The largest absolute Gasteiger partial charge is 0.378 e. The molecule has 2 N–H and O–H groups in total. The lowest BCUT2D eigenvalue weighted by Crippen LogP contribution is -2.45. The summed E-state index contributed by atoms with van der Waals surface area (Å²) in [5, 5.41) is 9.08. The van der Waals surface area contributed by atoms with Gasteiger partial charge in [0.1, 0.15) is 5.54 Å². The summed E-state index contributed by atoms with van der Waals surface area (Å²) in [5.41, 5.74) is 5.32. The zero-order chi connectivity index (χ0) is 11.4. The molecule has 2 rings (SSSR count). The standard InChI is InChI=1S/C13H22N2O/c14-9-13(15,12-6-7-12)10-16-8-11-4-2-1-3-5-11/h11-12H,1-8,10,15H2. The fourth-order valence-electron chi connectivity index (χ4n) is 2.59. The monoisotopic (exact) mass is 222 g/mol. The van der Waals surface area contributed by atoms with Crippen molar-refractivity contribution in [1.29, 1.82) is 5.26 Å². The van der Waals surface area contributed by atoms with Crippen molar-refractivity contribution in [1.82, 2.24) is 0 Å². The summed E-state index contributed by atoms with van der Waals surface area (Å²) in [4.78, 5) is 0. The van der Waals surface area contributed by atoms with Gasteiger partial charge in [0.2, 0.25) is 0 Å². The first-order valence-corrected chi connectivity index (χ1v) is 6.52. The summed E-state index contributed by atoms with van der Waals surface area (Å²) in [6.45, 7) is 1.22. The smallest absolute Gasteiger partial charge is 0.130 e. The van der Waals surface area contributed by atoms with Gasteiger partial charge in [0.25, 0.3) is 0 Å². The highest BCUT2D eigenvalue weighted by Gasteiger charge is 2.43. The number of nitrogens with zero attached hydrogens (tertiary/aromatic N) is 1. The van der Waals surface area contributed by atoms with Gasteiger partial charge in [0.05, 0.1) is 12.7 Å². The first-order chi connectivity index (χ1) is 7.74. The van der Waals surface area contributed by atoms with Crippen LogP contribution in [-0.2, 0) is 4.74 Å². The molecule has 16 heavy (non-hydrogen) atoms. The lowest BCUT2D eigenvalue weighted by molar-refractivity contribution is 0.0580. The van der Waals surface area contributed by atoms with Crippen molar-refractivity contribution in [2.75, 3.05) is 13.2 Å². The Balaban J connectivity index is 1.68. The first kappa shape index (κ1) is 11.9. The maximum Gasteiger partial charge on any atom is 0.130 e. The van der Waals surface area contributed by atoms with E-state index in [1.165, 1.54) is 32.1 Å². The van der Waals surface area contributed by atoms with Crippen molar-refractivity contribution in [3.8, 4) is 6.07 Å². The Kier molecular flexibility index (Phi) is 3.83. The van der Waals surface area contributed by atoms with E-state index in [9.17, 15) is 0 Å². The third-order valence-corrected chi connectivity index (χ3v) is 3.93. The van der Waals surface area contributed by atoms with E-state index in [1.54, 1.807) is 0 Å².